The predicted octanol–water partition coefficient (Wildman–Crippen LogP) is -5.94. The van der Waals surface area contributed by atoms with Crippen LogP contribution in [-0.2, 0) is 109 Å². The second-order valence-electron chi connectivity index (χ2n) is 43.3. The van der Waals surface area contributed by atoms with Gasteiger partial charge in [0.15, 0.2) is 62.3 Å². The molecule has 54 atom stereocenters. The molecule has 0 amide bonds. The molecule has 0 radical (unpaired) electrons. The number of ether oxygens (including phenoxy) is 18. The molecule has 0 aromatic rings. The van der Waals surface area contributed by atoms with Gasteiger partial charge >= 0.3 is 23.9 Å². The third-order valence-electron chi connectivity index (χ3n) is 33.9. The van der Waals surface area contributed by atoms with Crippen LogP contribution in [0.3, 0.4) is 0 Å². The highest BCUT2D eigenvalue weighted by atomic mass is 16.8. The van der Waals surface area contributed by atoms with Crippen molar-refractivity contribution in [2.45, 2.75) is 456 Å². The number of hydrogen-bond donors (Lipinski definition) is 24. The van der Waals surface area contributed by atoms with E-state index < -0.39 is 390 Å². The molecule has 12 fully saturated rings. The normalized spacial score (nSPS) is 49.1. The zero-order valence-corrected chi connectivity index (χ0v) is 81.5. The predicted molar refractivity (Wildman–Crippen MR) is 469 cm³/mol. The zero-order valence-electron chi connectivity index (χ0n) is 81.5. The summed E-state index contributed by atoms with van der Waals surface area (Å²) in [5.41, 5.74) is -5.85. The Hall–Kier alpha value is -4.23. The number of aliphatic hydroxyl groups excluding tert-OH is 23. The van der Waals surface area contributed by atoms with Gasteiger partial charge in [-0.25, -0.2) is 4.79 Å². The van der Waals surface area contributed by atoms with Crippen molar-refractivity contribution in [3.8, 4) is 0 Å². The number of carbonyl (C=O) groups is 5. The average molecular weight is 2030 g/mol. The summed E-state index contributed by atoms with van der Waals surface area (Å²) in [4.78, 5) is 73.2. The van der Waals surface area contributed by atoms with Crippen molar-refractivity contribution in [3.05, 3.63) is 11.6 Å². The Morgan fingerprint density at radius 1 is 0.461 bits per heavy atom. The molecule has 13 rings (SSSR count). The number of esters is 3. The van der Waals surface area contributed by atoms with E-state index in [1.807, 2.05) is 27.7 Å². The maximum atomic E-state index is 16.6. The smallest absolute Gasteiger partial charge is 0.335 e. The van der Waals surface area contributed by atoms with Crippen LogP contribution in [0.2, 0.25) is 0 Å². The van der Waals surface area contributed by atoms with Crippen LogP contribution in [0.15, 0.2) is 11.6 Å². The summed E-state index contributed by atoms with van der Waals surface area (Å²) >= 11 is 0. The van der Waals surface area contributed by atoms with Gasteiger partial charge in [0.25, 0.3) is 0 Å². The van der Waals surface area contributed by atoms with E-state index >= 15 is 4.79 Å². The van der Waals surface area contributed by atoms with E-state index in [0.717, 1.165) is 11.9 Å². The summed E-state index contributed by atoms with van der Waals surface area (Å²) in [5.74, 6) is -7.69. The van der Waals surface area contributed by atoms with Gasteiger partial charge in [-0.15, -0.1) is 0 Å². The average Bonchev–Trinajstić information content (AvgIpc) is 0.802. The van der Waals surface area contributed by atoms with Gasteiger partial charge in [-0.05, 0) is 130 Å². The highest BCUT2D eigenvalue weighted by Crippen LogP contribution is 2.76. The summed E-state index contributed by atoms with van der Waals surface area (Å²) in [7, 11) is 0. The van der Waals surface area contributed by atoms with Crippen LogP contribution in [0.4, 0.5) is 0 Å². The maximum Gasteiger partial charge on any atom is 0.335 e. The molecule has 47 nitrogen and oxygen atoms in total. The number of carbonyl (C=O) groups excluding carboxylic acids is 4. The first-order chi connectivity index (χ1) is 66.2. The van der Waals surface area contributed by atoms with Crippen molar-refractivity contribution >= 4 is 30.2 Å². The Bertz CT molecular complexity index is 4170. The number of carboxylic acids is 1. The third-order valence-corrected chi connectivity index (χ3v) is 33.9. The Morgan fingerprint density at radius 3 is 1.52 bits per heavy atom. The molecule has 0 aromatic heterocycles. The van der Waals surface area contributed by atoms with Crippen molar-refractivity contribution in [1.29, 1.82) is 0 Å². The molecular weight excluding hydrogens is 1880 g/mol. The van der Waals surface area contributed by atoms with E-state index in [4.69, 9.17) is 85.3 Å². The molecule has 0 bridgehead atoms. The fourth-order valence-corrected chi connectivity index (χ4v) is 24.6. The molecule has 8 aliphatic heterocycles. The SMILES string of the molecule is CC[C@@H](C)[C@@H](C[C@H](O)CC(=O)O[C@H]1[C@@H](O)[C@@H](C)O[C@@H](OC(=O)[C@]23CCC(C)(C)C[C@H]2C2=CC[C@@H]4[C@@]5(C)CC[C@H](O[C@@H]6O[C@H](C(=O)O)[C@@H](O)[C@H](O[C@@H]7O[C@@H](C)[C@H](O)[C@@H](O)[C@H]7O)[C@H]6O[C@@H]6O[C@H](CO)[C@H](O)[C@H](O)[C@H]6O)[C@@](C)(C=O)[C@@H]5CC[C@@]4(C)[C@]2(C)C[C@H]3O)[C@@H]1O[C@@H]1O[C@@H](C)[C@H](O[C@@H]2OC[C@@H](O)[C@H](O)[C@H]2O)[C@@H](O[C@@H]2O[C@H](CO)[C@@H](O)[C@H](O)[C@H]2O)[C@H]1O)OC(=O)C[C@@H](O)C[C@H](O[C@@H]1O[C@@H](CO)[C@H](O)[C@H]1O)[C@@H](C)CC. The number of allylic oxidation sites excluding steroid dienone is 2. The minimum Gasteiger partial charge on any atom is -0.479 e. The van der Waals surface area contributed by atoms with Crippen molar-refractivity contribution < 1.29 is 232 Å². The van der Waals surface area contributed by atoms with E-state index in [1.54, 1.807) is 27.7 Å². The molecule has 8 saturated heterocycles. The molecule has 0 aromatic carbocycles. The number of aliphatic hydroxyl groups is 23. The summed E-state index contributed by atoms with van der Waals surface area (Å²) < 4.78 is 111. The van der Waals surface area contributed by atoms with E-state index in [-0.39, 0.29) is 56.8 Å². The fourth-order valence-electron chi connectivity index (χ4n) is 24.6. The first-order valence-electron chi connectivity index (χ1n) is 49.4. The molecule has 13 aliphatic rings. The molecule has 5 aliphatic carbocycles. The third kappa shape index (κ3) is 22.2. The minimum atomic E-state index is -2.33. The van der Waals surface area contributed by atoms with Gasteiger partial charge in [-0.3, -0.25) is 14.4 Å². The molecule has 4 saturated carbocycles. The van der Waals surface area contributed by atoms with Crippen LogP contribution in [0.1, 0.15) is 186 Å². The summed E-state index contributed by atoms with van der Waals surface area (Å²) in [5, 5.41) is 268. The van der Waals surface area contributed by atoms with Crippen LogP contribution in [-0.4, -0.2) is 449 Å². The zero-order chi connectivity index (χ0) is 104. The lowest BCUT2D eigenvalue weighted by Gasteiger charge is -2.71. The molecule has 47 heteroatoms. The topological polar surface area (TPSA) is 737 Å². The van der Waals surface area contributed by atoms with Crippen molar-refractivity contribution in [2.75, 3.05) is 26.4 Å². The molecule has 0 spiro atoms. The van der Waals surface area contributed by atoms with Gasteiger partial charge in [0.05, 0.1) is 93.5 Å². The maximum absolute atomic E-state index is 16.6. The van der Waals surface area contributed by atoms with Gasteiger partial charge in [0.2, 0.25) is 6.29 Å². The second kappa shape index (κ2) is 45.5. The number of aliphatic carboxylic acids is 1. The largest absolute Gasteiger partial charge is 0.479 e. The van der Waals surface area contributed by atoms with Gasteiger partial charge in [-0.1, -0.05) is 93.7 Å². The van der Waals surface area contributed by atoms with Crippen molar-refractivity contribution in [1.82, 2.24) is 0 Å². The number of rotatable bonds is 35. The molecule has 8 heterocycles. The number of carboxylic acid groups (broad SMARTS) is 1. The van der Waals surface area contributed by atoms with E-state index in [2.05, 4.69) is 19.9 Å². The highest BCUT2D eigenvalue weighted by Gasteiger charge is 2.74. The van der Waals surface area contributed by atoms with E-state index in [1.165, 1.54) is 20.8 Å². The Labute approximate surface area is 815 Å². The number of hydrogen-bond acceptors (Lipinski definition) is 46. The first kappa shape index (κ1) is 114. The van der Waals surface area contributed by atoms with Gasteiger partial charge in [0.1, 0.15) is 164 Å². The van der Waals surface area contributed by atoms with Crippen LogP contribution in [0.5, 0.6) is 0 Å². The number of aldehydes is 1. The highest BCUT2D eigenvalue weighted by molar-refractivity contribution is 5.80. The van der Waals surface area contributed by atoms with Crippen molar-refractivity contribution in [2.24, 2.45) is 62.1 Å². The lowest BCUT2D eigenvalue weighted by Crippen LogP contribution is -2.69. The van der Waals surface area contributed by atoms with Crippen LogP contribution in [0, 0.1) is 62.1 Å². The summed E-state index contributed by atoms with van der Waals surface area (Å²) in [6, 6.07) is 0. The van der Waals surface area contributed by atoms with Crippen LogP contribution < -0.4 is 0 Å². The summed E-state index contributed by atoms with van der Waals surface area (Å²) in [6.07, 6.45) is -76.7. The van der Waals surface area contributed by atoms with Gasteiger partial charge < -0.3 is 213 Å². The lowest BCUT2D eigenvalue weighted by molar-refractivity contribution is -0.395. The lowest BCUT2D eigenvalue weighted by atomic mass is 9.33. The number of fused-ring (bicyclic) bond motifs is 7. The second-order valence-corrected chi connectivity index (χ2v) is 43.3. The summed E-state index contributed by atoms with van der Waals surface area (Å²) in [6.45, 7) is 19.8. The molecule has 24 N–H and O–H groups in total. The standard InChI is InChI=1S/C94H152O47/c1-14-35(3)45(128-54(103)26-41(100)25-46(36(4)15-2)129-82-66(115)61(110)49(32-97)130-82)24-40(99)27-55(104)134-73-57(106)38(6)126-86(77(73)140-85-71(120)75(137-83-68(117)63(112)59(108)47(30-95)131-83)72(39(7)127-85)135-80-65(114)58(107)44(101)33-124-80)141-88(123)94-23-22-89(8,9)28-43(94)42-16-17-51-90(10)20-19-53(91(11,34-98)50(90)18-21-92(51,12)93(42,13)29-52(94)102)133-87-78(139-84-69(118)64(113)60(109)48(31-96)132-84)74(70(119)76(138-87)79(121)122)136-81-67(116)62(111)56(105)37(5)125-81/h16,34-41,43-53,56-78,80-87,95-97,99-102,105-120H,14-15,17-33H2,1-13H3,(H,121,122)/t35-,36+,37+,38-,39+,40+,41+,43+,44-,45-,46+,47-,48-,49+,50-,51-,52-,53+,56+,57+,58+,59-,60+,61+,62-,63+,64+,65-,66-,67-,68-,69-,70+,71-,72+,73+,74+,75+,76+,77-,78-,80+,81+,82-,83+,84+,85+,86+,87-,90+,91+,92-,93-,94-/m1/s1. The van der Waals surface area contributed by atoms with E-state index in [0.29, 0.717) is 32.1 Å². The fraction of sp³-hybridized carbons (Fsp3) is 0.926. The van der Waals surface area contributed by atoms with Crippen LogP contribution in [0.25, 0.3) is 0 Å². The quantitative estimate of drug-likeness (QED) is 0.00924. The van der Waals surface area contributed by atoms with Gasteiger partial charge in [0, 0.05) is 12.8 Å². The molecule has 141 heavy (non-hydrogen) atoms. The van der Waals surface area contributed by atoms with Gasteiger partial charge in [-0.2, -0.15) is 0 Å². The van der Waals surface area contributed by atoms with Crippen LogP contribution >= 0.6 is 0 Å². The first-order valence-corrected chi connectivity index (χ1v) is 49.4. The monoisotopic (exact) mass is 2030 g/mol. The van der Waals surface area contributed by atoms with Crippen molar-refractivity contribution in [3.63, 3.8) is 0 Å². The van der Waals surface area contributed by atoms with E-state index in [9.17, 15) is 142 Å². The molecular formula is C94H152O47. The Balaban J connectivity index is 0.795. The molecule has 0 unspecified atom stereocenters. The minimum absolute atomic E-state index is 0.0150. The Kier molecular flexibility index (Phi) is 36.8. The molecule has 810 valence electrons. The Morgan fingerprint density at radius 2 is 0.943 bits per heavy atom.